The van der Waals surface area contributed by atoms with Crippen LogP contribution in [0.5, 0.6) is 0 Å². The van der Waals surface area contributed by atoms with Gasteiger partial charge in [-0.15, -0.1) is 0 Å². The van der Waals surface area contributed by atoms with Gasteiger partial charge in [-0.05, 0) is 31.4 Å². The molecule has 0 atom stereocenters. The molecule has 0 aromatic heterocycles. The molecule has 0 saturated heterocycles. The lowest BCUT2D eigenvalue weighted by atomic mass is 9.63. The minimum absolute atomic E-state index is 0.0190. The number of rotatable bonds is 7. The van der Waals surface area contributed by atoms with Gasteiger partial charge >= 0.3 is 11.9 Å². The first-order valence-corrected chi connectivity index (χ1v) is 10.2. The summed E-state index contributed by atoms with van der Waals surface area (Å²) < 4.78 is 0. The second-order valence-corrected chi connectivity index (χ2v) is 7.82. The lowest BCUT2D eigenvalue weighted by molar-refractivity contribution is -0.385. The normalized spacial score (nSPS) is 15.8. The molecule has 8 nitrogen and oxygen atoms in total. The minimum Gasteiger partial charge on any atom is -0.478 e. The predicted octanol–water partition coefficient (Wildman–Crippen LogP) is 4.60. The van der Waals surface area contributed by atoms with Gasteiger partial charge in [0.2, 0.25) is 0 Å². The number of non-ortho nitro benzene ring substituents is 1. The fraction of sp³-hybridized carbons (Fsp3) is 0.200. The minimum atomic E-state index is -1.64. The van der Waals surface area contributed by atoms with E-state index in [9.17, 15) is 29.9 Å². The van der Waals surface area contributed by atoms with Gasteiger partial charge < -0.3 is 15.1 Å². The van der Waals surface area contributed by atoms with Gasteiger partial charge in [-0.3, -0.25) is 10.1 Å². The number of nitrogens with zero attached hydrogens (tertiary/aromatic N) is 2. The van der Waals surface area contributed by atoms with Gasteiger partial charge in [0.25, 0.3) is 5.69 Å². The molecule has 0 fully saturated rings. The van der Waals surface area contributed by atoms with Crippen LogP contribution in [0, 0.1) is 10.1 Å². The van der Waals surface area contributed by atoms with Gasteiger partial charge in [0.05, 0.1) is 21.5 Å². The van der Waals surface area contributed by atoms with Crippen molar-refractivity contribution in [1.82, 2.24) is 4.90 Å². The summed E-state index contributed by atoms with van der Waals surface area (Å²) in [4.78, 5) is 37.6. The Labute approximate surface area is 190 Å². The number of allylic oxidation sites excluding steroid dienone is 3. The molecule has 8 heteroatoms. The van der Waals surface area contributed by atoms with E-state index in [-0.39, 0.29) is 28.8 Å². The average molecular weight is 448 g/mol. The Bertz CT molecular complexity index is 1170. The number of hydrogen-bond acceptors (Lipinski definition) is 5. The Morgan fingerprint density at radius 1 is 1.00 bits per heavy atom. The van der Waals surface area contributed by atoms with Gasteiger partial charge in [0.15, 0.2) is 0 Å². The molecule has 1 aliphatic rings. The van der Waals surface area contributed by atoms with E-state index in [4.69, 9.17) is 0 Å². The van der Waals surface area contributed by atoms with E-state index in [1.54, 1.807) is 39.1 Å². The molecule has 0 amide bonds. The summed E-state index contributed by atoms with van der Waals surface area (Å²) in [7, 11) is 1.60. The lowest BCUT2D eigenvalue weighted by Crippen LogP contribution is -2.45. The fourth-order valence-corrected chi connectivity index (χ4v) is 4.44. The number of aliphatic carboxylic acids is 2. The summed E-state index contributed by atoms with van der Waals surface area (Å²) in [6.07, 6.45) is 3.47. The van der Waals surface area contributed by atoms with Crippen molar-refractivity contribution in [2.45, 2.75) is 25.7 Å². The summed E-state index contributed by atoms with van der Waals surface area (Å²) in [5.41, 5.74) is -0.338. The lowest BCUT2D eigenvalue weighted by Gasteiger charge is -2.43. The van der Waals surface area contributed by atoms with Gasteiger partial charge in [-0.1, -0.05) is 54.6 Å². The van der Waals surface area contributed by atoms with Gasteiger partial charge in [0.1, 0.15) is 0 Å². The highest BCUT2D eigenvalue weighted by Gasteiger charge is 2.51. The van der Waals surface area contributed by atoms with E-state index in [2.05, 4.69) is 0 Å². The third-order valence-electron chi connectivity index (χ3n) is 6.09. The third-order valence-corrected chi connectivity index (χ3v) is 6.09. The van der Waals surface area contributed by atoms with Crippen molar-refractivity contribution >= 4 is 23.7 Å². The summed E-state index contributed by atoms with van der Waals surface area (Å²) in [5, 5.41) is 32.0. The smallest absolute Gasteiger partial charge is 0.334 e. The summed E-state index contributed by atoms with van der Waals surface area (Å²) in [6.45, 7) is 3.22. The SMILES string of the molecule is CC1=C(C(=O)O)C(C/C=C/c2ccccc2)(c2cccc([N+](=O)[O-])c2)C(C(=O)O)=C(C)N1C. The standard InChI is InChI=1S/C25H24N2O6/c1-16-21(23(28)29)25(22(24(30)31)17(2)26(16)3,14-8-11-18-9-5-4-6-10-18)19-12-7-13-20(15-19)27(32)33/h4-13,15H,14H2,1-3H3,(H,28,29)(H,30,31)/b11-8+. The maximum Gasteiger partial charge on any atom is 0.334 e. The first kappa shape index (κ1) is 23.5. The number of carbonyl (C=O) groups is 2. The van der Waals surface area contributed by atoms with Crippen molar-refractivity contribution < 1.29 is 24.7 Å². The molecule has 0 bridgehead atoms. The fourth-order valence-electron chi connectivity index (χ4n) is 4.44. The molecule has 2 aromatic carbocycles. The first-order valence-electron chi connectivity index (χ1n) is 10.2. The topological polar surface area (TPSA) is 121 Å². The Morgan fingerprint density at radius 2 is 1.58 bits per heavy atom. The maximum atomic E-state index is 12.6. The molecule has 0 radical (unpaired) electrons. The van der Waals surface area contributed by atoms with Crippen LogP contribution in [0.3, 0.4) is 0 Å². The molecule has 0 spiro atoms. The van der Waals surface area contributed by atoms with Crippen molar-refractivity contribution in [2.24, 2.45) is 0 Å². The van der Waals surface area contributed by atoms with E-state index >= 15 is 0 Å². The summed E-state index contributed by atoms with van der Waals surface area (Å²) >= 11 is 0. The number of nitro benzene ring substituents is 1. The zero-order valence-electron chi connectivity index (χ0n) is 18.5. The van der Waals surface area contributed by atoms with Crippen LogP contribution < -0.4 is 0 Å². The van der Waals surface area contributed by atoms with Crippen LogP contribution in [0.1, 0.15) is 31.4 Å². The summed E-state index contributed by atoms with van der Waals surface area (Å²) in [5.74, 6) is -2.57. The maximum absolute atomic E-state index is 12.6. The highest BCUT2D eigenvalue weighted by molar-refractivity contribution is 6.01. The molecule has 170 valence electrons. The van der Waals surface area contributed by atoms with E-state index in [1.807, 2.05) is 30.3 Å². The number of carboxylic acids is 2. The monoisotopic (exact) mass is 448 g/mol. The second kappa shape index (κ2) is 9.12. The van der Waals surface area contributed by atoms with E-state index in [1.165, 1.54) is 23.1 Å². The van der Waals surface area contributed by atoms with Crippen molar-refractivity contribution in [3.8, 4) is 0 Å². The van der Waals surface area contributed by atoms with Gasteiger partial charge in [-0.2, -0.15) is 0 Å². The van der Waals surface area contributed by atoms with Crippen LogP contribution in [0.4, 0.5) is 5.69 Å². The highest BCUT2D eigenvalue weighted by atomic mass is 16.6. The van der Waals surface area contributed by atoms with Crippen LogP contribution in [0.2, 0.25) is 0 Å². The van der Waals surface area contributed by atoms with Crippen LogP contribution in [-0.4, -0.2) is 39.0 Å². The Morgan fingerprint density at radius 3 is 2.09 bits per heavy atom. The average Bonchev–Trinajstić information content (AvgIpc) is 2.77. The van der Waals surface area contributed by atoms with Crippen molar-refractivity contribution in [1.29, 1.82) is 0 Å². The predicted molar refractivity (Wildman–Crippen MR) is 123 cm³/mol. The molecule has 3 rings (SSSR count). The van der Waals surface area contributed by atoms with E-state index in [0.29, 0.717) is 11.4 Å². The molecule has 1 aliphatic heterocycles. The molecular formula is C25H24N2O6. The Kier molecular flexibility index (Phi) is 6.48. The molecule has 0 unspecified atom stereocenters. The highest BCUT2D eigenvalue weighted by Crippen LogP contribution is 2.50. The molecule has 33 heavy (non-hydrogen) atoms. The molecule has 0 aliphatic carbocycles. The summed E-state index contributed by atoms with van der Waals surface area (Å²) in [6, 6.07) is 14.8. The molecule has 2 N–H and O–H groups in total. The van der Waals surface area contributed by atoms with Gasteiger partial charge in [0, 0.05) is 30.6 Å². The van der Waals surface area contributed by atoms with Crippen LogP contribution in [-0.2, 0) is 15.0 Å². The molecule has 2 aromatic rings. The second-order valence-electron chi connectivity index (χ2n) is 7.82. The molecule has 1 heterocycles. The van der Waals surface area contributed by atoms with Crippen LogP contribution in [0.25, 0.3) is 6.08 Å². The van der Waals surface area contributed by atoms with Crippen molar-refractivity contribution in [2.75, 3.05) is 7.05 Å². The Balaban J connectivity index is 2.37. The molecular weight excluding hydrogens is 424 g/mol. The van der Waals surface area contributed by atoms with Crippen molar-refractivity contribution in [3.05, 3.63) is 104 Å². The van der Waals surface area contributed by atoms with Gasteiger partial charge in [-0.25, -0.2) is 9.59 Å². The number of hydrogen-bond donors (Lipinski definition) is 2. The zero-order chi connectivity index (χ0) is 24.3. The van der Waals surface area contributed by atoms with Crippen molar-refractivity contribution in [3.63, 3.8) is 0 Å². The number of benzene rings is 2. The quantitative estimate of drug-likeness (QED) is 0.469. The van der Waals surface area contributed by atoms with Crippen LogP contribution in [0.15, 0.2) is 83.2 Å². The first-order chi connectivity index (χ1) is 15.6. The van der Waals surface area contributed by atoms with E-state index < -0.39 is 22.3 Å². The number of carboxylic acid groups (broad SMARTS) is 2. The Hall–Kier alpha value is -4.20. The zero-order valence-corrected chi connectivity index (χ0v) is 18.5. The largest absolute Gasteiger partial charge is 0.478 e. The third kappa shape index (κ3) is 4.15. The molecule has 0 saturated carbocycles. The number of nitro groups is 1. The van der Waals surface area contributed by atoms with E-state index in [0.717, 1.165) is 5.56 Å². The van der Waals surface area contributed by atoms with Crippen LogP contribution >= 0.6 is 0 Å².